The van der Waals surface area contributed by atoms with Crippen molar-refractivity contribution in [2.45, 2.75) is 39.2 Å². The van der Waals surface area contributed by atoms with E-state index in [0.29, 0.717) is 0 Å². The van der Waals surface area contributed by atoms with E-state index in [-0.39, 0.29) is 6.10 Å². The van der Waals surface area contributed by atoms with Crippen LogP contribution in [0.2, 0.25) is 0 Å². The van der Waals surface area contributed by atoms with Gasteiger partial charge in [-0.3, -0.25) is 4.99 Å². The van der Waals surface area contributed by atoms with Gasteiger partial charge in [-0.05, 0) is 33.1 Å². The lowest BCUT2D eigenvalue weighted by Gasteiger charge is -2.14. The number of hydrogen-bond donors (Lipinski definition) is 2. The zero-order valence-electron chi connectivity index (χ0n) is 14.1. The minimum Gasteiger partial charge on any atom is -0.385 e. The fourth-order valence-electron chi connectivity index (χ4n) is 1.61. The summed E-state index contributed by atoms with van der Waals surface area (Å²) in [5, 5.41) is 6.65. The van der Waals surface area contributed by atoms with Crippen molar-refractivity contribution in [3.8, 4) is 0 Å². The second-order valence-electron chi connectivity index (χ2n) is 4.82. The topological polar surface area (TPSA) is 64.1 Å². The molecule has 21 heavy (non-hydrogen) atoms. The zero-order chi connectivity index (χ0) is 15.8. The third-order valence-electron chi connectivity index (χ3n) is 2.98. The van der Waals surface area contributed by atoms with E-state index in [9.17, 15) is 0 Å². The highest BCUT2D eigenvalue weighted by Gasteiger charge is 2.01. The SMILES string of the molecule is CCOCCCNC(=NCCCOC)NCC[C@@H](C)OC. The molecule has 1 atom stereocenters. The largest absolute Gasteiger partial charge is 0.385 e. The van der Waals surface area contributed by atoms with E-state index in [1.54, 1.807) is 14.2 Å². The van der Waals surface area contributed by atoms with Crippen molar-refractivity contribution in [3.63, 3.8) is 0 Å². The van der Waals surface area contributed by atoms with Gasteiger partial charge in [-0.1, -0.05) is 0 Å². The van der Waals surface area contributed by atoms with E-state index >= 15 is 0 Å². The summed E-state index contributed by atoms with van der Waals surface area (Å²) in [6, 6.07) is 0. The first-order chi connectivity index (χ1) is 10.2. The molecule has 0 aromatic carbocycles. The molecule has 0 fully saturated rings. The van der Waals surface area contributed by atoms with E-state index in [1.165, 1.54) is 0 Å². The summed E-state index contributed by atoms with van der Waals surface area (Å²) in [5.41, 5.74) is 0. The molecule has 0 spiro atoms. The predicted molar refractivity (Wildman–Crippen MR) is 87.0 cm³/mol. The van der Waals surface area contributed by atoms with Crippen molar-refractivity contribution in [3.05, 3.63) is 0 Å². The van der Waals surface area contributed by atoms with Gasteiger partial charge >= 0.3 is 0 Å². The highest BCUT2D eigenvalue weighted by Crippen LogP contribution is 1.93. The Morgan fingerprint density at radius 3 is 2.52 bits per heavy atom. The van der Waals surface area contributed by atoms with E-state index in [4.69, 9.17) is 14.2 Å². The molecule has 0 heterocycles. The number of nitrogens with one attached hydrogen (secondary N) is 2. The number of methoxy groups -OCH3 is 2. The van der Waals surface area contributed by atoms with Gasteiger partial charge in [0.15, 0.2) is 5.96 Å². The van der Waals surface area contributed by atoms with Gasteiger partial charge in [-0.25, -0.2) is 0 Å². The lowest BCUT2D eigenvalue weighted by atomic mass is 10.3. The molecule has 6 heteroatoms. The Kier molecular flexibility index (Phi) is 14.9. The molecule has 126 valence electrons. The van der Waals surface area contributed by atoms with Gasteiger partial charge in [0, 0.05) is 53.7 Å². The Hall–Kier alpha value is -0.850. The molecule has 2 N–H and O–H groups in total. The Morgan fingerprint density at radius 2 is 1.86 bits per heavy atom. The Balaban J connectivity index is 3.96. The Labute approximate surface area is 129 Å². The van der Waals surface area contributed by atoms with Crippen molar-refractivity contribution in [1.82, 2.24) is 10.6 Å². The molecule has 0 aromatic heterocycles. The van der Waals surface area contributed by atoms with Crippen LogP contribution in [-0.2, 0) is 14.2 Å². The average molecular weight is 303 g/mol. The number of nitrogens with zero attached hydrogens (tertiary/aromatic N) is 1. The third-order valence-corrected chi connectivity index (χ3v) is 2.98. The van der Waals surface area contributed by atoms with Gasteiger partial charge in [0.1, 0.15) is 0 Å². The van der Waals surface area contributed by atoms with E-state index in [2.05, 4.69) is 22.5 Å². The summed E-state index contributed by atoms with van der Waals surface area (Å²) in [5.74, 6) is 0.853. The van der Waals surface area contributed by atoms with Crippen molar-refractivity contribution in [2.75, 3.05) is 53.7 Å². The zero-order valence-corrected chi connectivity index (χ0v) is 14.1. The quantitative estimate of drug-likeness (QED) is 0.306. The third kappa shape index (κ3) is 13.9. The van der Waals surface area contributed by atoms with E-state index < -0.39 is 0 Å². The van der Waals surface area contributed by atoms with Crippen molar-refractivity contribution >= 4 is 5.96 Å². The second-order valence-corrected chi connectivity index (χ2v) is 4.82. The molecule has 0 bridgehead atoms. The molecule has 0 saturated heterocycles. The van der Waals surface area contributed by atoms with Crippen molar-refractivity contribution in [2.24, 2.45) is 4.99 Å². The lowest BCUT2D eigenvalue weighted by Crippen LogP contribution is -2.39. The van der Waals surface area contributed by atoms with Crippen LogP contribution in [0.4, 0.5) is 0 Å². The first kappa shape index (κ1) is 20.1. The number of guanidine groups is 1. The van der Waals surface area contributed by atoms with Crippen LogP contribution in [0.25, 0.3) is 0 Å². The highest BCUT2D eigenvalue weighted by molar-refractivity contribution is 5.79. The fraction of sp³-hybridized carbons (Fsp3) is 0.933. The minimum atomic E-state index is 0.255. The fourth-order valence-corrected chi connectivity index (χ4v) is 1.61. The summed E-state index contributed by atoms with van der Waals surface area (Å²) >= 11 is 0. The molecule has 0 aliphatic rings. The van der Waals surface area contributed by atoms with Gasteiger partial charge < -0.3 is 24.8 Å². The van der Waals surface area contributed by atoms with Crippen LogP contribution in [0, 0.1) is 0 Å². The summed E-state index contributed by atoms with van der Waals surface area (Å²) in [6.07, 6.45) is 3.11. The predicted octanol–water partition coefficient (Wildman–Crippen LogP) is 1.41. The molecule has 0 aliphatic carbocycles. The number of ether oxygens (including phenoxy) is 3. The molecular formula is C15H33N3O3. The first-order valence-electron chi connectivity index (χ1n) is 7.86. The Morgan fingerprint density at radius 1 is 1.10 bits per heavy atom. The summed E-state index contributed by atoms with van der Waals surface area (Å²) in [6.45, 7) is 8.82. The molecule has 0 aromatic rings. The van der Waals surface area contributed by atoms with Gasteiger partial charge in [0.25, 0.3) is 0 Å². The lowest BCUT2D eigenvalue weighted by molar-refractivity contribution is 0.112. The van der Waals surface area contributed by atoms with Crippen LogP contribution in [-0.4, -0.2) is 65.7 Å². The van der Waals surface area contributed by atoms with Crippen molar-refractivity contribution < 1.29 is 14.2 Å². The van der Waals surface area contributed by atoms with Crippen LogP contribution in [0.3, 0.4) is 0 Å². The molecule has 0 radical (unpaired) electrons. The molecule has 0 amide bonds. The number of hydrogen-bond acceptors (Lipinski definition) is 4. The van der Waals surface area contributed by atoms with Gasteiger partial charge in [0.05, 0.1) is 6.10 Å². The van der Waals surface area contributed by atoms with Crippen LogP contribution in [0.1, 0.15) is 33.1 Å². The maximum Gasteiger partial charge on any atom is 0.191 e. The average Bonchev–Trinajstić information content (AvgIpc) is 2.50. The molecule has 6 nitrogen and oxygen atoms in total. The van der Waals surface area contributed by atoms with E-state index in [0.717, 1.165) is 64.7 Å². The monoisotopic (exact) mass is 303 g/mol. The highest BCUT2D eigenvalue weighted by atomic mass is 16.5. The van der Waals surface area contributed by atoms with Gasteiger partial charge in [0.2, 0.25) is 0 Å². The maximum atomic E-state index is 5.32. The minimum absolute atomic E-state index is 0.255. The second kappa shape index (κ2) is 15.5. The molecule has 0 saturated carbocycles. The van der Waals surface area contributed by atoms with Crippen LogP contribution in [0.5, 0.6) is 0 Å². The van der Waals surface area contributed by atoms with Crippen LogP contribution in [0.15, 0.2) is 4.99 Å². The summed E-state index contributed by atoms with van der Waals surface area (Å²) < 4.78 is 15.6. The molecular weight excluding hydrogens is 270 g/mol. The van der Waals surface area contributed by atoms with Crippen LogP contribution < -0.4 is 10.6 Å². The van der Waals surface area contributed by atoms with E-state index in [1.807, 2.05) is 6.92 Å². The van der Waals surface area contributed by atoms with Crippen LogP contribution >= 0.6 is 0 Å². The molecule has 0 unspecified atom stereocenters. The van der Waals surface area contributed by atoms with Gasteiger partial charge in [-0.15, -0.1) is 0 Å². The maximum absolute atomic E-state index is 5.32. The number of aliphatic imine (C=N–C) groups is 1. The summed E-state index contributed by atoms with van der Waals surface area (Å²) in [7, 11) is 3.44. The Bertz CT molecular complexity index is 250. The van der Waals surface area contributed by atoms with Crippen molar-refractivity contribution in [1.29, 1.82) is 0 Å². The number of rotatable bonds is 13. The normalized spacial score (nSPS) is 13.2. The first-order valence-corrected chi connectivity index (χ1v) is 7.86. The molecule has 0 rings (SSSR count). The molecule has 0 aliphatic heterocycles. The smallest absolute Gasteiger partial charge is 0.191 e. The van der Waals surface area contributed by atoms with Gasteiger partial charge in [-0.2, -0.15) is 0 Å². The summed E-state index contributed by atoms with van der Waals surface area (Å²) in [4.78, 5) is 4.53. The standard InChI is InChI=1S/C15H33N3O3/c1-5-21-13-7-10-17-15(16-9-6-12-19-3)18-11-8-14(2)20-4/h14H,5-13H2,1-4H3,(H2,16,17,18)/t14-/m1/s1.